The second-order valence-corrected chi connectivity index (χ2v) is 17.2. The van der Waals surface area contributed by atoms with E-state index in [-0.39, 0.29) is 0 Å². The summed E-state index contributed by atoms with van der Waals surface area (Å²) in [5, 5.41) is 16.9. The third-order valence-electron chi connectivity index (χ3n) is 13.6. The second kappa shape index (κ2) is 13.5. The first kappa shape index (κ1) is 35.2. The molecule has 64 heavy (non-hydrogen) atoms. The fourth-order valence-electron chi connectivity index (χ4n) is 10.4. The van der Waals surface area contributed by atoms with E-state index < -0.39 is 0 Å². The highest BCUT2D eigenvalue weighted by Gasteiger charge is 2.16. The predicted octanol–water partition coefficient (Wildman–Crippen LogP) is 17.9. The molecule has 0 aliphatic carbocycles. The van der Waals surface area contributed by atoms with Crippen LogP contribution < -0.4 is 0 Å². The SMILES string of the molecule is c1ccc2c(c1)cc(-c1ccc3oc4ccc(-c5ccc6ccc(-c7ccc8oc9ccc(-c%10cc%11ccccc%11c%11ccccc%10%11)cc9c8c7)cc6c5)cc4c3c1)c1ccccc12. The van der Waals surface area contributed by atoms with Crippen LogP contribution in [0.5, 0.6) is 0 Å². The first-order valence-electron chi connectivity index (χ1n) is 22.0. The Balaban J connectivity index is 0.845. The predicted molar refractivity (Wildman–Crippen MR) is 270 cm³/mol. The average molecular weight is 813 g/mol. The molecule has 0 aliphatic heterocycles. The third kappa shape index (κ3) is 5.39. The van der Waals surface area contributed by atoms with Crippen molar-refractivity contribution in [2.24, 2.45) is 0 Å². The van der Waals surface area contributed by atoms with Crippen molar-refractivity contribution in [3.8, 4) is 44.5 Å². The van der Waals surface area contributed by atoms with Crippen LogP contribution in [0.4, 0.5) is 0 Å². The number of fused-ring (bicyclic) bond motifs is 13. The topological polar surface area (TPSA) is 26.3 Å². The summed E-state index contributed by atoms with van der Waals surface area (Å²) in [6.07, 6.45) is 0. The minimum Gasteiger partial charge on any atom is -0.456 e. The van der Waals surface area contributed by atoms with Gasteiger partial charge in [0.2, 0.25) is 0 Å². The highest BCUT2D eigenvalue weighted by molar-refractivity contribution is 6.17. The molecule has 0 aliphatic rings. The van der Waals surface area contributed by atoms with Gasteiger partial charge in [0, 0.05) is 21.5 Å². The van der Waals surface area contributed by atoms with Crippen LogP contribution in [0.3, 0.4) is 0 Å². The Hall–Kier alpha value is -8.46. The molecule has 0 atom stereocenters. The fraction of sp³-hybridized carbons (Fsp3) is 0. The molecule has 2 aromatic heterocycles. The largest absolute Gasteiger partial charge is 0.456 e. The summed E-state index contributed by atoms with van der Waals surface area (Å²) in [5.41, 5.74) is 13.0. The smallest absolute Gasteiger partial charge is 0.135 e. The van der Waals surface area contributed by atoms with Gasteiger partial charge < -0.3 is 8.83 Å². The maximum absolute atomic E-state index is 6.43. The number of furan rings is 2. The first-order chi connectivity index (χ1) is 31.7. The molecule has 2 nitrogen and oxygen atoms in total. The summed E-state index contributed by atoms with van der Waals surface area (Å²) in [4.78, 5) is 0. The monoisotopic (exact) mass is 812 g/mol. The van der Waals surface area contributed by atoms with Crippen molar-refractivity contribution < 1.29 is 8.83 Å². The van der Waals surface area contributed by atoms with E-state index in [2.05, 4.69) is 218 Å². The molecular weight excluding hydrogens is 777 g/mol. The summed E-state index contributed by atoms with van der Waals surface area (Å²) in [7, 11) is 0. The second-order valence-electron chi connectivity index (χ2n) is 17.2. The minimum absolute atomic E-state index is 0.891. The van der Waals surface area contributed by atoms with Crippen LogP contribution in [0.1, 0.15) is 0 Å². The standard InChI is InChI=1S/C62H36O2/c1-3-11-47-42(9-1)33-53(51-15-7-5-13-49(47)51)44-23-27-61-57(35-44)55-31-40(21-25-59(55)63-61)38-19-17-37-18-20-39(30-46(37)29-38)41-22-26-60-56(32-41)58-36-45(24-28-62(58)64-60)54-34-43-10-2-4-12-48(43)50-14-6-8-16-52(50)54/h1-36H. The quantitative estimate of drug-likeness (QED) is 0.166. The van der Waals surface area contributed by atoms with Crippen molar-refractivity contribution in [3.63, 3.8) is 0 Å². The van der Waals surface area contributed by atoms with Gasteiger partial charge >= 0.3 is 0 Å². The van der Waals surface area contributed by atoms with E-state index in [9.17, 15) is 0 Å². The Morgan fingerprint density at radius 2 is 0.516 bits per heavy atom. The number of benzene rings is 12. The van der Waals surface area contributed by atoms with Crippen LogP contribution in [0.15, 0.2) is 227 Å². The summed E-state index contributed by atoms with van der Waals surface area (Å²) in [5.74, 6) is 0. The highest BCUT2D eigenvalue weighted by Crippen LogP contribution is 2.42. The Kier molecular flexibility index (Phi) is 7.43. The fourth-order valence-corrected chi connectivity index (χ4v) is 10.4. The zero-order valence-corrected chi connectivity index (χ0v) is 34.6. The third-order valence-corrected chi connectivity index (χ3v) is 13.6. The highest BCUT2D eigenvalue weighted by atomic mass is 16.3. The Labute approximate surface area is 367 Å². The maximum atomic E-state index is 6.43. The molecule has 296 valence electrons. The van der Waals surface area contributed by atoms with Crippen molar-refractivity contribution in [1.82, 2.24) is 0 Å². The summed E-state index contributed by atoms with van der Waals surface area (Å²) in [6, 6.07) is 79.5. The van der Waals surface area contributed by atoms with Crippen molar-refractivity contribution in [2.45, 2.75) is 0 Å². The lowest BCUT2D eigenvalue weighted by Crippen LogP contribution is -1.85. The van der Waals surface area contributed by atoms with E-state index >= 15 is 0 Å². The van der Waals surface area contributed by atoms with Crippen LogP contribution >= 0.6 is 0 Å². The molecule has 14 rings (SSSR count). The van der Waals surface area contributed by atoms with Gasteiger partial charge in [0.25, 0.3) is 0 Å². The lowest BCUT2D eigenvalue weighted by atomic mass is 9.92. The molecule has 0 saturated heterocycles. The number of hydrogen-bond acceptors (Lipinski definition) is 2. The van der Waals surface area contributed by atoms with Crippen LogP contribution in [0.25, 0.3) is 142 Å². The molecule has 2 heterocycles. The minimum atomic E-state index is 0.891. The Morgan fingerprint density at radius 1 is 0.188 bits per heavy atom. The molecule has 2 heteroatoms. The van der Waals surface area contributed by atoms with Crippen molar-refractivity contribution in [3.05, 3.63) is 218 Å². The molecule has 0 unspecified atom stereocenters. The van der Waals surface area contributed by atoms with E-state index in [1.54, 1.807) is 0 Å². The molecule has 0 radical (unpaired) electrons. The van der Waals surface area contributed by atoms with Crippen molar-refractivity contribution in [2.75, 3.05) is 0 Å². The zero-order valence-electron chi connectivity index (χ0n) is 34.6. The van der Waals surface area contributed by atoms with Gasteiger partial charge in [-0.25, -0.2) is 0 Å². The van der Waals surface area contributed by atoms with Gasteiger partial charge in [0.05, 0.1) is 0 Å². The molecule has 0 amide bonds. The normalized spacial score (nSPS) is 12.1. The van der Waals surface area contributed by atoms with E-state index in [4.69, 9.17) is 8.83 Å². The Bertz CT molecular complexity index is 3990. The molecule has 0 bridgehead atoms. The summed E-state index contributed by atoms with van der Waals surface area (Å²) in [6.45, 7) is 0. The number of rotatable bonds is 4. The van der Waals surface area contributed by atoms with Gasteiger partial charge in [0.15, 0.2) is 0 Å². The van der Waals surface area contributed by atoms with E-state index in [0.29, 0.717) is 0 Å². The van der Waals surface area contributed by atoms with E-state index in [1.165, 1.54) is 87.2 Å². The summed E-state index contributed by atoms with van der Waals surface area (Å²) < 4.78 is 12.9. The van der Waals surface area contributed by atoms with Gasteiger partial charge in [-0.3, -0.25) is 0 Å². The van der Waals surface area contributed by atoms with Crippen LogP contribution in [0.2, 0.25) is 0 Å². The zero-order chi connectivity index (χ0) is 41.9. The first-order valence-corrected chi connectivity index (χ1v) is 22.0. The van der Waals surface area contributed by atoms with E-state index in [1.807, 2.05) is 0 Å². The van der Waals surface area contributed by atoms with Gasteiger partial charge in [-0.15, -0.1) is 0 Å². The van der Waals surface area contributed by atoms with Crippen LogP contribution in [-0.2, 0) is 0 Å². The molecule has 0 spiro atoms. The van der Waals surface area contributed by atoms with Crippen LogP contribution in [0, 0.1) is 0 Å². The Morgan fingerprint density at radius 3 is 0.953 bits per heavy atom. The lowest BCUT2D eigenvalue weighted by Gasteiger charge is -2.11. The molecule has 14 aromatic rings. The van der Waals surface area contributed by atoms with Gasteiger partial charge in [0.1, 0.15) is 22.3 Å². The van der Waals surface area contributed by atoms with Crippen molar-refractivity contribution >= 4 is 97.7 Å². The lowest BCUT2D eigenvalue weighted by molar-refractivity contribution is 0.668. The number of hydrogen-bond donors (Lipinski definition) is 0. The van der Waals surface area contributed by atoms with Crippen LogP contribution in [-0.4, -0.2) is 0 Å². The molecule has 0 fully saturated rings. The molecule has 0 N–H and O–H groups in total. The average Bonchev–Trinajstić information content (AvgIpc) is 3.92. The molecule has 12 aromatic carbocycles. The van der Waals surface area contributed by atoms with Gasteiger partial charge in [-0.05, 0) is 171 Å². The molecule has 0 saturated carbocycles. The summed E-state index contributed by atoms with van der Waals surface area (Å²) >= 11 is 0. The van der Waals surface area contributed by atoms with E-state index in [0.717, 1.165) is 55.0 Å². The van der Waals surface area contributed by atoms with Gasteiger partial charge in [-0.2, -0.15) is 0 Å². The van der Waals surface area contributed by atoms with Gasteiger partial charge in [-0.1, -0.05) is 146 Å². The van der Waals surface area contributed by atoms with Crippen molar-refractivity contribution in [1.29, 1.82) is 0 Å². The maximum Gasteiger partial charge on any atom is 0.135 e. The molecular formula is C62H36O2.